The Balaban J connectivity index is 1.61. The molecule has 0 bridgehead atoms. The molecule has 1 aliphatic heterocycles. The number of anilines is 2. The lowest BCUT2D eigenvalue weighted by Gasteiger charge is -2.33. The summed E-state index contributed by atoms with van der Waals surface area (Å²) in [6, 6.07) is 10.5. The van der Waals surface area contributed by atoms with Crippen LogP contribution in [0, 0.1) is 10.1 Å². The third-order valence-corrected chi connectivity index (χ3v) is 4.08. The molecule has 0 radical (unpaired) electrons. The molecular weight excluding hydrogens is 308 g/mol. The molecular formula is C16H20N6O2. The van der Waals surface area contributed by atoms with E-state index in [2.05, 4.69) is 32.3 Å². The molecule has 126 valence electrons. The molecule has 1 aromatic heterocycles. The zero-order valence-electron chi connectivity index (χ0n) is 13.3. The van der Waals surface area contributed by atoms with Crippen molar-refractivity contribution in [3.63, 3.8) is 0 Å². The summed E-state index contributed by atoms with van der Waals surface area (Å²) in [6.45, 7) is 2.83. The smallest absolute Gasteiger partial charge is 0.329 e. The van der Waals surface area contributed by atoms with E-state index < -0.39 is 4.92 Å². The van der Waals surface area contributed by atoms with Gasteiger partial charge in [0.15, 0.2) is 0 Å². The number of hydrogen-bond acceptors (Lipinski definition) is 7. The molecule has 24 heavy (non-hydrogen) atoms. The van der Waals surface area contributed by atoms with Crippen LogP contribution in [0.25, 0.3) is 0 Å². The maximum atomic E-state index is 10.8. The van der Waals surface area contributed by atoms with E-state index in [9.17, 15) is 10.1 Å². The van der Waals surface area contributed by atoms with Gasteiger partial charge in [0.2, 0.25) is 11.8 Å². The second-order valence-electron chi connectivity index (χ2n) is 5.93. The van der Waals surface area contributed by atoms with Crippen LogP contribution in [0.4, 0.5) is 17.5 Å². The Hall–Kier alpha value is -2.74. The molecule has 0 saturated carbocycles. The number of hydrogen-bond donors (Lipinski definition) is 2. The molecule has 3 rings (SSSR count). The van der Waals surface area contributed by atoms with Gasteiger partial charge in [0.1, 0.15) is 6.20 Å². The molecule has 2 aromatic rings. The number of likely N-dealkylation sites (tertiary alicyclic amines) is 1. The van der Waals surface area contributed by atoms with Gasteiger partial charge in [-0.15, -0.1) is 0 Å². The Morgan fingerprint density at radius 2 is 2.17 bits per heavy atom. The fourth-order valence-electron chi connectivity index (χ4n) is 2.94. The number of nitrogens with two attached hydrogens (primary N) is 1. The molecule has 1 unspecified atom stereocenters. The lowest BCUT2D eigenvalue weighted by Crippen LogP contribution is -2.41. The minimum atomic E-state index is -0.582. The summed E-state index contributed by atoms with van der Waals surface area (Å²) in [6.07, 6.45) is 3.23. The van der Waals surface area contributed by atoms with Crippen molar-refractivity contribution in [2.75, 3.05) is 24.1 Å². The van der Waals surface area contributed by atoms with Gasteiger partial charge >= 0.3 is 5.69 Å². The summed E-state index contributed by atoms with van der Waals surface area (Å²) < 4.78 is 0. The molecule has 1 fully saturated rings. The van der Waals surface area contributed by atoms with Crippen molar-refractivity contribution in [2.45, 2.75) is 25.4 Å². The van der Waals surface area contributed by atoms with Crippen molar-refractivity contribution >= 4 is 17.5 Å². The van der Waals surface area contributed by atoms with E-state index >= 15 is 0 Å². The number of nitro groups is 1. The van der Waals surface area contributed by atoms with E-state index in [1.54, 1.807) is 0 Å². The Bertz CT molecular complexity index is 709. The lowest BCUT2D eigenvalue weighted by atomic mass is 10.0. The van der Waals surface area contributed by atoms with Gasteiger partial charge in [-0.3, -0.25) is 15.0 Å². The molecule has 2 heterocycles. The summed E-state index contributed by atoms with van der Waals surface area (Å²) in [5.74, 6) is 0.221. The molecule has 0 amide bonds. The van der Waals surface area contributed by atoms with Crippen LogP contribution in [0.5, 0.6) is 0 Å². The molecule has 8 nitrogen and oxygen atoms in total. The lowest BCUT2D eigenvalue weighted by molar-refractivity contribution is -0.384. The zero-order chi connectivity index (χ0) is 16.9. The van der Waals surface area contributed by atoms with Crippen molar-refractivity contribution in [2.24, 2.45) is 0 Å². The number of aromatic nitrogens is 2. The highest BCUT2D eigenvalue weighted by atomic mass is 16.6. The average molecular weight is 328 g/mol. The van der Waals surface area contributed by atoms with Crippen LogP contribution in [-0.4, -0.2) is 38.9 Å². The van der Waals surface area contributed by atoms with Gasteiger partial charge < -0.3 is 11.1 Å². The summed E-state index contributed by atoms with van der Waals surface area (Å²) in [5.41, 5.74) is 6.63. The van der Waals surface area contributed by atoms with Gasteiger partial charge in [-0.25, -0.2) is 4.98 Å². The number of rotatable bonds is 5. The second-order valence-corrected chi connectivity index (χ2v) is 5.93. The SMILES string of the molecule is Nc1nc(NC2CCCN(Cc3ccccc3)C2)ncc1[N+](=O)[O-]. The van der Waals surface area contributed by atoms with Crippen molar-refractivity contribution in [3.05, 3.63) is 52.2 Å². The fourth-order valence-corrected chi connectivity index (χ4v) is 2.94. The molecule has 1 atom stereocenters. The normalized spacial score (nSPS) is 18.2. The molecule has 0 spiro atoms. The van der Waals surface area contributed by atoms with E-state index in [1.165, 1.54) is 5.56 Å². The van der Waals surface area contributed by atoms with Crippen LogP contribution in [-0.2, 0) is 6.54 Å². The quantitative estimate of drug-likeness (QED) is 0.638. The highest BCUT2D eigenvalue weighted by molar-refractivity contribution is 5.53. The number of nitrogens with zero attached hydrogens (tertiary/aromatic N) is 4. The fraction of sp³-hybridized carbons (Fsp3) is 0.375. The van der Waals surface area contributed by atoms with Gasteiger partial charge in [0.05, 0.1) is 4.92 Å². The summed E-state index contributed by atoms with van der Waals surface area (Å²) in [7, 11) is 0. The topological polar surface area (TPSA) is 110 Å². The molecule has 8 heteroatoms. The van der Waals surface area contributed by atoms with E-state index in [-0.39, 0.29) is 17.5 Å². The van der Waals surface area contributed by atoms with E-state index in [0.29, 0.717) is 5.95 Å². The third-order valence-electron chi connectivity index (χ3n) is 4.08. The first-order chi connectivity index (χ1) is 11.6. The van der Waals surface area contributed by atoms with E-state index in [4.69, 9.17) is 5.73 Å². The minimum absolute atomic E-state index is 0.116. The zero-order valence-corrected chi connectivity index (χ0v) is 13.3. The highest BCUT2D eigenvalue weighted by Crippen LogP contribution is 2.20. The van der Waals surface area contributed by atoms with Crippen LogP contribution in [0.1, 0.15) is 18.4 Å². The van der Waals surface area contributed by atoms with E-state index in [1.807, 2.05) is 18.2 Å². The van der Waals surface area contributed by atoms with Crippen molar-refractivity contribution in [1.29, 1.82) is 0 Å². The second kappa shape index (κ2) is 7.22. The number of piperidine rings is 1. The van der Waals surface area contributed by atoms with Gasteiger partial charge in [-0.2, -0.15) is 4.98 Å². The van der Waals surface area contributed by atoms with Crippen LogP contribution < -0.4 is 11.1 Å². The van der Waals surface area contributed by atoms with Crippen LogP contribution in [0.15, 0.2) is 36.5 Å². The standard InChI is InChI=1S/C16H20N6O2/c17-15-14(22(23)24)9-18-16(20-15)19-13-7-4-8-21(11-13)10-12-5-2-1-3-6-12/h1-3,5-6,9,13H,4,7-8,10-11H2,(H3,17,18,19,20). The Morgan fingerprint density at radius 3 is 2.88 bits per heavy atom. The van der Waals surface area contributed by atoms with E-state index in [0.717, 1.165) is 38.7 Å². The highest BCUT2D eigenvalue weighted by Gasteiger charge is 2.21. The van der Waals surface area contributed by atoms with Crippen molar-refractivity contribution < 1.29 is 4.92 Å². The summed E-state index contributed by atoms with van der Waals surface area (Å²) in [4.78, 5) is 20.6. The Kier molecular flexibility index (Phi) is 4.85. The predicted molar refractivity (Wildman–Crippen MR) is 91.5 cm³/mol. The molecule has 1 aromatic carbocycles. The average Bonchev–Trinajstić information content (AvgIpc) is 2.56. The number of benzene rings is 1. The Morgan fingerprint density at radius 1 is 1.38 bits per heavy atom. The first-order valence-corrected chi connectivity index (χ1v) is 7.91. The first-order valence-electron chi connectivity index (χ1n) is 7.91. The molecule has 1 aliphatic rings. The summed E-state index contributed by atoms with van der Waals surface area (Å²) in [5, 5.41) is 14.0. The maximum absolute atomic E-state index is 10.8. The van der Waals surface area contributed by atoms with Crippen molar-refractivity contribution in [3.8, 4) is 0 Å². The van der Waals surface area contributed by atoms with Gasteiger partial charge in [-0.1, -0.05) is 30.3 Å². The van der Waals surface area contributed by atoms with Crippen LogP contribution in [0.3, 0.4) is 0 Å². The van der Waals surface area contributed by atoms with Crippen molar-refractivity contribution in [1.82, 2.24) is 14.9 Å². The van der Waals surface area contributed by atoms with Gasteiger partial charge in [0.25, 0.3) is 0 Å². The van der Waals surface area contributed by atoms with Crippen LogP contribution in [0.2, 0.25) is 0 Å². The summed E-state index contributed by atoms with van der Waals surface area (Å²) >= 11 is 0. The minimum Gasteiger partial charge on any atom is -0.378 e. The molecule has 3 N–H and O–H groups in total. The first kappa shape index (κ1) is 16.1. The van der Waals surface area contributed by atoms with Gasteiger partial charge in [0, 0.05) is 19.1 Å². The number of nitrogen functional groups attached to an aromatic ring is 1. The van der Waals surface area contributed by atoms with Gasteiger partial charge in [-0.05, 0) is 24.9 Å². The monoisotopic (exact) mass is 328 g/mol. The largest absolute Gasteiger partial charge is 0.378 e. The van der Waals surface area contributed by atoms with Crippen LogP contribution >= 0.6 is 0 Å². The Labute approximate surface area is 139 Å². The predicted octanol–water partition coefficient (Wildman–Crippen LogP) is 2.04. The molecule has 0 aliphatic carbocycles. The number of nitrogens with one attached hydrogen (secondary N) is 1. The third kappa shape index (κ3) is 3.96. The molecule has 1 saturated heterocycles. The maximum Gasteiger partial charge on any atom is 0.329 e.